The summed E-state index contributed by atoms with van der Waals surface area (Å²) in [5, 5.41) is 0. The van der Waals surface area contributed by atoms with Gasteiger partial charge in [-0.15, -0.1) is 0 Å². The van der Waals surface area contributed by atoms with Crippen LogP contribution >= 0.6 is 0 Å². The summed E-state index contributed by atoms with van der Waals surface area (Å²) in [6, 6.07) is 0. The summed E-state index contributed by atoms with van der Waals surface area (Å²) in [5.41, 5.74) is 0.166. The minimum Gasteiger partial charge on any atom is -0.298 e. The van der Waals surface area contributed by atoms with Gasteiger partial charge in [-0.25, -0.2) is 8.78 Å². The Hall–Kier alpha value is -1.25. The molecule has 1 nitrogen and oxygen atoms in total. The van der Waals surface area contributed by atoms with E-state index in [9.17, 15) is 13.6 Å². The first-order valence-electron chi connectivity index (χ1n) is 3.38. The van der Waals surface area contributed by atoms with Crippen molar-refractivity contribution in [2.24, 2.45) is 0 Å². The summed E-state index contributed by atoms with van der Waals surface area (Å²) in [6.07, 6.45) is 2.74. The summed E-state index contributed by atoms with van der Waals surface area (Å²) < 4.78 is 24.3. The lowest BCUT2D eigenvalue weighted by Crippen LogP contribution is -1.83. The number of carbonyl (C=O) groups excluding carboxylic acids is 1. The van der Waals surface area contributed by atoms with Crippen LogP contribution in [-0.4, -0.2) is 6.29 Å². The molecule has 0 radical (unpaired) electrons. The fourth-order valence-corrected chi connectivity index (χ4v) is 0.601. The third-order valence-corrected chi connectivity index (χ3v) is 1.11. The zero-order chi connectivity index (χ0) is 9.56. The van der Waals surface area contributed by atoms with Crippen LogP contribution in [0.5, 0.6) is 0 Å². The van der Waals surface area contributed by atoms with Gasteiger partial charge in [0.05, 0.1) is 5.83 Å². The zero-order valence-electron chi connectivity index (χ0n) is 6.81. The molecule has 0 atom stereocenters. The lowest BCUT2D eigenvalue weighted by Gasteiger charge is -1.92. The Morgan fingerprint density at radius 3 is 2.42 bits per heavy atom. The van der Waals surface area contributed by atoms with Gasteiger partial charge in [0.25, 0.3) is 0 Å². The highest BCUT2D eigenvalue weighted by molar-refractivity contribution is 5.74. The first kappa shape index (κ1) is 10.8. The Bertz CT molecular complexity index is 235. The highest BCUT2D eigenvalue weighted by Crippen LogP contribution is 2.07. The summed E-state index contributed by atoms with van der Waals surface area (Å²) >= 11 is 0. The topological polar surface area (TPSA) is 17.1 Å². The maximum absolute atomic E-state index is 12.1. The monoisotopic (exact) mass is 172 g/mol. The van der Waals surface area contributed by atoms with Crippen LogP contribution in [0.2, 0.25) is 0 Å². The number of allylic oxidation sites excluding steroid dienone is 5. The molecule has 0 N–H and O–H groups in total. The molecule has 0 amide bonds. The molecule has 0 aromatic heterocycles. The molecule has 0 heterocycles. The maximum atomic E-state index is 12.1. The molecule has 0 saturated carbocycles. The second-order valence-corrected chi connectivity index (χ2v) is 2.28. The van der Waals surface area contributed by atoms with E-state index >= 15 is 0 Å². The smallest absolute Gasteiger partial charge is 0.146 e. The van der Waals surface area contributed by atoms with Crippen LogP contribution in [0, 0.1) is 0 Å². The minimum atomic E-state index is -0.706. The molecule has 12 heavy (non-hydrogen) atoms. The van der Waals surface area contributed by atoms with Gasteiger partial charge in [-0.2, -0.15) is 0 Å². The van der Waals surface area contributed by atoms with E-state index in [2.05, 4.69) is 6.58 Å². The minimum absolute atomic E-state index is 0.0920. The predicted octanol–water partition coefficient (Wildman–Crippen LogP) is 2.86. The normalized spacial score (nSPS) is 12.9. The highest BCUT2D eigenvalue weighted by atomic mass is 19.1. The van der Waals surface area contributed by atoms with E-state index < -0.39 is 11.7 Å². The number of halogens is 2. The lowest BCUT2D eigenvalue weighted by molar-refractivity contribution is -0.105. The van der Waals surface area contributed by atoms with E-state index in [1.807, 2.05) is 0 Å². The van der Waals surface area contributed by atoms with Crippen molar-refractivity contribution in [1.29, 1.82) is 0 Å². The molecule has 0 rings (SSSR count). The maximum Gasteiger partial charge on any atom is 0.146 e. The van der Waals surface area contributed by atoms with Crippen molar-refractivity contribution >= 4 is 6.29 Å². The number of aldehydes is 1. The number of carbonyl (C=O) groups is 1. The standard InChI is InChI=1S/C9H10F2O/c1-7(10)3-4-9(6-12)5-8(2)11/h3,5-6H,2,4H2,1H3/b7-3+,9-5+. The Morgan fingerprint density at radius 2 is 2.08 bits per heavy atom. The van der Waals surface area contributed by atoms with Crippen molar-refractivity contribution < 1.29 is 13.6 Å². The van der Waals surface area contributed by atoms with Crippen LogP contribution in [0.25, 0.3) is 0 Å². The van der Waals surface area contributed by atoms with Crippen molar-refractivity contribution in [1.82, 2.24) is 0 Å². The summed E-state index contributed by atoms with van der Waals surface area (Å²) in [4.78, 5) is 10.2. The van der Waals surface area contributed by atoms with Crippen LogP contribution in [-0.2, 0) is 4.79 Å². The van der Waals surface area contributed by atoms with Crippen molar-refractivity contribution in [2.45, 2.75) is 13.3 Å². The van der Waals surface area contributed by atoms with Gasteiger partial charge in [-0.05, 0) is 31.1 Å². The molecule has 0 unspecified atom stereocenters. The van der Waals surface area contributed by atoms with Gasteiger partial charge in [0.15, 0.2) is 0 Å². The summed E-state index contributed by atoms with van der Waals surface area (Å²) in [6.45, 7) is 4.21. The van der Waals surface area contributed by atoms with E-state index in [0.717, 1.165) is 6.08 Å². The average molecular weight is 172 g/mol. The summed E-state index contributed by atoms with van der Waals surface area (Å²) in [5.74, 6) is -1.10. The van der Waals surface area contributed by atoms with E-state index in [4.69, 9.17) is 0 Å². The fourth-order valence-electron chi connectivity index (χ4n) is 0.601. The highest BCUT2D eigenvalue weighted by Gasteiger charge is 1.94. The Labute approximate surface area is 70.1 Å². The Kier molecular flexibility index (Phi) is 4.84. The molecule has 0 spiro atoms. The fraction of sp³-hybridized carbons (Fsp3) is 0.222. The van der Waals surface area contributed by atoms with Gasteiger partial charge >= 0.3 is 0 Å². The Balaban J connectivity index is 4.28. The molecule has 66 valence electrons. The summed E-state index contributed by atoms with van der Waals surface area (Å²) in [7, 11) is 0. The predicted molar refractivity (Wildman–Crippen MR) is 43.9 cm³/mol. The van der Waals surface area contributed by atoms with E-state index in [1.54, 1.807) is 0 Å². The van der Waals surface area contributed by atoms with Crippen LogP contribution in [0.4, 0.5) is 8.78 Å². The van der Waals surface area contributed by atoms with Gasteiger partial charge in [-0.1, -0.05) is 6.58 Å². The van der Waals surface area contributed by atoms with Crippen molar-refractivity contribution in [3.8, 4) is 0 Å². The molecule has 0 saturated heterocycles. The van der Waals surface area contributed by atoms with Gasteiger partial charge in [0.2, 0.25) is 0 Å². The van der Waals surface area contributed by atoms with Gasteiger partial charge < -0.3 is 0 Å². The molecule has 0 aliphatic carbocycles. The van der Waals surface area contributed by atoms with Gasteiger partial charge in [0.1, 0.15) is 12.1 Å². The third kappa shape index (κ3) is 5.53. The molecule has 0 aromatic carbocycles. The SMILES string of the molecule is C=C(F)/C=C(/C=O)C/C=C(\C)F. The van der Waals surface area contributed by atoms with E-state index in [0.29, 0.717) is 6.29 Å². The van der Waals surface area contributed by atoms with Crippen molar-refractivity contribution in [2.75, 3.05) is 0 Å². The van der Waals surface area contributed by atoms with E-state index in [1.165, 1.54) is 13.0 Å². The molecule has 0 bridgehead atoms. The number of hydrogen-bond acceptors (Lipinski definition) is 1. The molecule has 0 aromatic rings. The van der Waals surface area contributed by atoms with Crippen LogP contribution in [0.15, 0.2) is 36.0 Å². The molecule has 0 fully saturated rings. The van der Waals surface area contributed by atoms with Crippen molar-refractivity contribution in [3.63, 3.8) is 0 Å². The first-order chi connectivity index (χ1) is 5.56. The van der Waals surface area contributed by atoms with Gasteiger partial charge in [0, 0.05) is 0 Å². The molecule has 3 heteroatoms. The van der Waals surface area contributed by atoms with Crippen molar-refractivity contribution in [3.05, 3.63) is 36.0 Å². The average Bonchev–Trinajstić information content (AvgIpc) is 1.97. The number of hydrogen-bond donors (Lipinski definition) is 0. The second-order valence-electron chi connectivity index (χ2n) is 2.28. The lowest BCUT2D eigenvalue weighted by atomic mass is 10.2. The Morgan fingerprint density at radius 1 is 1.50 bits per heavy atom. The van der Waals surface area contributed by atoms with E-state index in [-0.39, 0.29) is 12.0 Å². The van der Waals surface area contributed by atoms with Gasteiger partial charge in [-0.3, -0.25) is 4.79 Å². The molecule has 0 aliphatic heterocycles. The van der Waals surface area contributed by atoms with Crippen LogP contribution in [0.3, 0.4) is 0 Å². The number of rotatable bonds is 4. The third-order valence-electron chi connectivity index (χ3n) is 1.11. The zero-order valence-corrected chi connectivity index (χ0v) is 6.81. The largest absolute Gasteiger partial charge is 0.298 e. The quantitative estimate of drug-likeness (QED) is 0.362. The second kappa shape index (κ2) is 5.41. The molecule has 0 aliphatic rings. The molecular weight excluding hydrogens is 162 g/mol. The molecular formula is C9H10F2O. The van der Waals surface area contributed by atoms with Crippen LogP contribution in [0.1, 0.15) is 13.3 Å². The first-order valence-corrected chi connectivity index (χ1v) is 3.38. The van der Waals surface area contributed by atoms with Crippen LogP contribution < -0.4 is 0 Å².